The topological polar surface area (TPSA) is 186 Å². The largest absolute Gasteiger partial charge is 0.397 e. The van der Waals surface area contributed by atoms with Crippen molar-refractivity contribution in [2.24, 2.45) is 4.99 Å². The minimum atomic E-state index is -0.625. The van der Waals surface area contributed by atoms with E-state index in [1.165, 1.54) is 0 Å². The molecule has 148 valence electrons. The average Bonchev–Trinajstić information content (AvgIpc) is 2.79. The second kappa shape index (κ2) is 7.70. The second-order valence-electron chi connectivity index (χ2n) is 6.57. The number of hydrogen-bond acceptors (Lipinski definition) is 10. The third-order valence-corrected chi connectivity index (χ3v) is 4.77. The molecule has 10 nitrogen and oxygen atoms in total. The van der Waals surface area contributed by atoms with E-state index in [2.05, 4.69) is 31.7 Å². The lowest BCUT2D eigenvalue weighted by atomic mass is 9.94. The Morgan fingerprint density at radius 2 is 1.81 bits per heavy atom. The SMILES string of the molecule is N#CNC1=NC(c2ccc(-c3cc(C#N)ccn3)cc2)c2c(nc(N)c(C#N)c2N)N1. The fourth-order valence-electron chi connectivity index (χ4n) is 3.32. The van der Waals surface area contributed by atoms with Crippen LogP contribution >= 0.6 is 0 Å². The molecule has 3 aromatic rings. The highest BCUT2D eigenvalue weighted by atomic mass is 15.2. The van der Waals surface area contributed by atoms with E-state index in [1.54, 1.807) is 18.3 Å². The smallest absolute Gasteiger partial charge is 0.211 e. The number of benzene rings is 1. The normalized spacial score (nSPS) is 14.1. The minimum Gasteiger partial charge on any atom is -0.397 e. The number of guanidine groups is 1. The first kappa shape index (κ1) is 19.2. The van der Waals surface area contributed by atoms with E-state index in [0.717, 1.165) is 11.1 Å². The van der Waals surface area contributed by atoms with Gasteiger partial charge in [-0.15, -0.1) is 0 Å². The minimum absolute atomic E-state index is 0.0120. The fourth-order valence-corrected chi connectivity index (χ4v) is 3.32. The summed E-state index contributed by atoms with van der Waals surface area (Å²) in [7, 11) is 0. The summed E-state index contributed by atoms with van der Waals surface area (Å²) in [5.41, 5.74) is 15.6. The van der Waals surface area contributed by atoms with Crippen LogP contribution in [-0.2, 0) is 0 Å². The van der Waals surface area contributed by atoms with Crippen LogP contribution in [-0.4, -0.2) is 15.9 Å². The molecule has 1 atom stereocenters. The third-order valence-electron chi connectivity index (χ3n) is 4.77. The molecule has 0 saturated heterocycles. The Hall–Kier alpha value is -5.14. The van der Waals surface area contributed by atoms with Gasteiger partial charge in [0.25, 0.3) is 0 Å². The molecule has 0 fully saturated rings. The van der Waals surface area contributed by atoms with Crippen molar-refractivity contribution in [3.05, 3.63) is 64.8 Å². The van der Waals surface area contributed by atoms with Crippen molar-refractivity contribution >= 4 is 23.3 Å². The van der Waals surface area contributed by atoms with E-state index in [1.807, 2.05) is 36.5 Å². The molecular weight excluding hydrogens is 392 g/mol. The van der Waals surface area contributed by atoms with Gasteiger partial charge in [-0.3, -0.25) is 10.3 Å². The fraction of sp³-hybridized carbons (Fsp3) is 0.0476. The van der Waals surface area contributed by atoms with E-state index in [-0.39, 0.29) is 23.0 Å². The summed E-state index contributed by atoms with van der Waals surface area (Å²) in [4.78, 5) is 13.1. The Balaban J connectivity index is 1.81. The molecule has 0 radical (unpaired) electrons. The molecule has 6 N–H and O–H groups in total. The number of fused-ring (bicyclic) bond motifs is 1. The van der Waals surface area contributed by atoms with Crippen molar-refractivity contribution in [3.8, 4) is 29.6 Å². The first-order valence-corrected chi connectivity index (χ1v) is 9.01. The van der Waals surface area contributed by atoms with Crippen LogP contribution in [0.25, 0.3) is 11.3 Å². The van der Waals surface area contributed by atoms with Crippen LogP contribution in [0, 0.1) is 34.1 Å². The van der Waals surface area contributed by atoms with Crippen LogP contribution < -0.4 is 22.1 Å². The number of nitriles is 3. The lowest BCUT2D eigenvalue weighted by Gasteiger charge is -2.26. The Labute approximate surface area is 177 Å². The van der Waals surface area contributed by atoms with Gasteiger partial charge >= 0.3 is 0 Å². The number of nitrogen functional groups attached to an aromatic ring is 2. The van der Waals surface area contributed by atoms with Crippen LogP contribution in [0.5, 0.6) is 0 Å². The molecule has 31 heavy (non-hydrogen) atoms. The monoisotopic (exact) mass is 406 g/mol. The average molecular weight is 406 g/mol. The van der Waals surface area contributed by atoms with E-state index in [0.29, 0.717) is 22.6 Å². The molecule has 0 spiro atoms. The predicted molar refractivity (Wildman–Crippen MR) is 114 cm³/mol. The van der Waals surface area contributed by atoms with Gasteiger partial charge < -0.3 is 16.8 Å². The van der Waals surface area contributed by atoms with Crippen LogP contribution in [0.4, 0.5) is 17.3 Å². The molecule has 0 aliphatic carbocycles. The van der Waals surface area contributed by atoms with E-state index < -0.39 is 6.04 Å². The second-order valence-corrected chi connectivity index (χ2v) is 6.57. The number of nitrogens with one attached hydrogen (secondary N) is 2. The van der Waals surface area contributed by atoms with E-state index in [9.17, 15) is 5.26 Å². The standard InChI is InChI=1S/C21H14N10/c22-8-11-5-6-27-15(7-11)12-1-3-13(4-2-12)18-16-17(25)14(9-23)19(26)30-20(16)31-21(29-18)28-10-24/h1-7,18H,(H6,25,26,28,29,30,31). The summed E-state index contributed by atoms with van der Waals surface area (Å²) in [6, 6.07) is 14.1. The van der Waals surface area contributed by atoms with Gasteiger partial charge in [-0.1, -0.05) is 24.3 Å². The van der Waals surface area contributed by atoms with Gasteiger partial charge in [0.15, 0.2) is 6.19 Å². The zero-order valence-electron chi connectivity index (χ0n) is 16.0. The Bertz CT molecular complexity index is 1340. The molecule has 0 bridgehead atoms. The molecule has 1 aliphatic heterocycles. The summed E-state index contributed by atoms with van der Waals surface area (Å²) in [5, 5.41) is 32.8. The first-order valence-electron chi connectivity index (χ1n) is 9.01. The zero-order valence-corrected chi connectivity index (χ0v) is 16.0. The number of hydrogen-bond donors (Lipinski definition) is 4. The van der Waals surface area contributed by atoms with Gasteiger partial charge in [-0.25, -0.2) is 9.98 Å². The lowest BCUT2D eigenvalue weighted by molar-refractivity contribution is 0.847. The number of nitrogens with two attached hydrogens (primary N) is 2. The number of rotatable bonds is 2. The molecule has 0 saturated carbocycles. The molecule has 1 aliphatic rings. The molecule has 0 amide bonds. The highest BCUT2D eigenvalue weighted by Crippen LogP contribution is 2.40. The van der Waals surface area contributed by atoms with Crippen LogP contribution in [0.15, 0.2) is 47.6 Å². The van der Waals surface area contributed by atoms with Gasteiger partial charge in [-0.2, -0.15) is 15.8 Å². The zero-order chi connectivity index (χ0) is 22.0. The van der Waals surface area contributed by atoms with Crippen molar-refractivity contribution < 1.29 is 0 Å². The van der Waals surface area contributed by atoms with Crippen LogP contribution in [0.1, 0.15) is 28.3 Å². The molecule has 4 rings (SSSR count). The van der Waals surface area contributed by atoms with Crippen molar-refractivity contribution in [1.82, 2.24) is 15.3 Å². The lowest BCUT2D eigenvalue weighted by Crippen LogP contribution is -2.32. The van der Waals surface area contributed by atoms with Gasteiger partial charge in [0, 0.05) is 17.3 Å². The van der Waals surface area contributed by atoms with E-state index >= 15 is 0 Å². The Morgan fingerprint density at radius 3 is 2.48 bits per heavy atom. The first-order chi connectivity index (χ1) is 15.0. The quantitative estimate of drug-likeness (QED) is 0.364. The van der Waals surface area contributed by atoms with Crippen molar-refractivity contribution in [2.45, 2.75) is 6.04 Å². The summed E-state index contributed by atoms with van der Waals surface area (Å²) in [6.07, 6.45) is 3.39. The Kier molecular flexibility index (Phi) is 4.77. The van der Waals surface area contributed by atoms with Gasteiger partial charge in [-0.05, 0) is 17.7 Å². The molecule has 2 aromatic heterocycles. The maximum atomic E-state index is 9.41. The number of aliphatic imine (C=N–C) groups is 1. The highest BCUT2D eigenvalue weighted by Gasteiger charge is 2.29. The maximum Gasteiger partial charge on any atom is 0.211 e. The predicted octanol–water partition coefficient (Wildman–Crippen LogP) is 1.99. The summed E-state index contributed by atoms with van der Waals surface area (Å²) in [5.74, 6) is 0.490. The molecule has 1 aromatic carbocycles. The number of aromatic nitrogens is 2. The summed E-state index contributed by atoms with van der Waals surface area (Å²) < 4.78 is 0. The number of nitrogens with zero attached hydrogens (tertiary/aromatic N) is 6. The third kappa shape index (κ3) is 3.39. The van der Waals surface area contributed by atoms with Crippen LogP contribution in [0.3, 0.4) is 0 Å². The Morgan fingerprint density at radius 1 is 1.03 bits per heavy atom. The summed E-state index contributed by atoms with van der Waals surface area (Å²) in [6.45, 7) is 0. The molecule has 1 unspecified atom stereocenters. The molecular formula is C21H14N10. The van der Waals surface area contributed by atoms with Crippen LogP contribution in [0.2, 0.25) is 0 Å². The van der Waals surface area contributed by atoms with Crippen molar-refractivity contribution in [1.29, 1.82) is 15.8 Å². The van der Waals surface area contributed by atoms with Gasteiger partial charge in [0.2, 0.25) is 5.96 Å². The molecule has 10 heteroatoms. The van der Waals surface area contributed by atoms with Gasteiger partial charge in [0.1, 0.15) is 29.3 Å². The number of pyridine rings is 2. The number of anilines is 3. The summed E-state index contributed by atoms with van der Waals surface area (Å²) >= 11 is 0. The van der Waals surface area contributed by atoms with Crippen molar-refractivity contribution in [3.63, 3.8) is 0 Å². The van der Waals surface area contributed by atoms with Crippen molar-refractivity contribution in [2.75, 3.05) is 16.8 Å². The maximum absolute atomic E-state index is 9.41. The van der Waals surface area contributed by atoms with E-state index in [4.69, 9.17) is 22.0 Å². The molecule has 3 heterocycles. The highest BCUT2D eigenvalue weighted by molar-refractivity contribution is 5.98. The van der Waals surface area contributed by atoms with Gasteiger partial charge in [0.05, 0.1) is 23.0 Å².